The molecule has 1 rings (SSSR count). The summed E-state index contributed by atoms with van der Waals surface area (Å²) in [5.41, 5.74) is 2.26. The number of methoxy groups -OCH3 is 1. The van der Waals surface area contributed by atoms with Gasteiger partial charge in [0.15, 0.2) is 0 Å². The number of nitro benzene ring substituents is 1. The number of nitro groups is 1. The lowest BCUT2D eigenvalue weighted by Gasteiger charge is -2.07. The first-order valence-corrected chi connectivity index (χ1v) is 6.72. The van der Waals surface area contributed by atoms with E-state index in [-0.39, 0.29) is 16.6 Å². The van der Waals surface area contributed by atoms with E-state index in [9.17, 15) is 14.9 Å². The third kappa shape index (κ3) is 4.68. The van der Waals surface area contributed by atoms with Crippen molar-refractivity contribution in [1.82, 2.24) is 5.32 Å². The number of hydrogen-bond acceptors (Lipinski definition) is 5. The summed E-state index contributed by atoms with van der Waals surface area (Å²) in [5.74, 6) is -0.328. The highest BCUT2D eigenvalue weighted by atomic mass is 16.6. The van der Waals surface area contributed by atoms with Gasteiger partial charge in [0.25, 0.3) is 5.69 Å². The van der Waals surface area contributed by atoms with Gasteiger partial charge in [-0.05, 0) is 18.9 Å². The van der Waals surface area contributed by atoms with Crippen LogP contribution in [0, 0.1) is 17.0 Å². The number of hydrogen-bond donors (Lipinski definition) is 1. The Labute approximate surface area is 124 Å². The molecule has 0 aliphatic heterocycles. The van der Waals surface area contributed by atoms with Crippen molar-refractivity contribution < 1.29 is 14.5 Å². The molecule has 21 heavy (non-hydrogen) atoms. The summed E-state index contributed by atoms with van der Waals surface area (Å²) >= 11 is 0. The highest BCUT2D eigenvalue weighted by Gasteiger charge is 2.12. The Morgan fingerprint density at radius 2 is 2.19 bits per heavy atom. The molecule has 6 heteroatoms. The maximum absolute atomic E-state index is 11.4. The number of benzene rings is 1. The van der Waals surface area contributed by atoms with Crippen LogP contribution in [0.15, 0.2) is 29.8 Å². The summed E-state index contributed by atoms with van der Waals surface area (Å²) in [6.45, 7) is 4.62. The lowest BCUT2D eigenvalue weighted by atomic mass is 10.1. The van der Waals surface area contributed by atoms with E-state index in [1.54, 1.807) is 19.1 Å². The van der Waals surface area contributed by atoms with Gasteiger partial charge in [-0.2, -0.15) is 0 Å². The molecule has 0 fully saturated rings. The van der Waals surface area contributed by atoms with Gasteiger partial charge in [0.1, 0.15) is 0 Å². The summed E-state index contributed by atoms with van der Waals surface area (Å²) < 4.78 is 4.67. The van der Waals surface area contributed by atoms with Crippen molar-refractivity contribution in [2.45, 2.75) is 26.8 Å². The molecule has 0 heterocycles. The lowest BCUT2D eigenvalue weighted by Crippen LogP contribution is -2.16. The van der Waals surface area contributed by atoms with Gasteiger partial charge in [0.2, 0.25) is 0 Å². The minimum absolute atomic E-state index is 0.119. The molecule has 6 nitrogen and oxygen atoms in total. The Hall–Kier alpha value is -2.21. The fourth-order valence-electron chi connectivity index (χ4n) is 1.96. The van der Waals surface area contributed by atoms with Crippen LogP contribution >= 0.6 is 0 Å². The van der Waals surface area contributed by atoms with Crippen molar-refractivity contribution >= 4 is 11.7 Å². The minimum atomic E-state index is -0.384. The van der Waals surface area contributed by atoms with Crippen LogP contribution in [0.3, 0.4) is 0 Å². The van der Waals surface area contributed by atoms with Crippen LogP contribution in [0.2, 0.25) is 0 Å². The minimum Gasteiger partial charge on any atom is -0.466 e. The molecule has 1 aromatic rings. The zero-order valence-electron chi connectivity index (χ0n) is 12.5. The normalized spacial score (nSPS) is 11.3. The molecule has 0 unspecified atom stereocenters. The number of carbonyl (C=O) groups excluding carboxylic acids is 1. The summed E-state index contributed by atoms with van der Waals surface area (Å²) in [6.07, 6.45) is 2.38. The third-order valence-electron chi connectivity index (χ3n) is 3.25. The average molecular weight is 292 g/mol. The van der Waals surface area contributed by atoms with E-state index in [1.807, 2.05) is 13.0 Å². The Morgan fingerprint density at radius 1 is 1.48 bits per heavy atom. The Kier molecular flexibility index (Phi) is 6.55. The predicted octanol–water partition coefficient (Wildman–Crippen LogP) is 2.50. The van der Waals surface area contributed by atoms with Gasteiger partial charge in [0, 0.05) is 30.3 Å². The number of ether oxygens (including phenoxy) is 1. The van der Waals surface area contributed by atoms with Crippen molar-refractivity contribution in [1.29, 1.82) is 0 Å². The molecule has 0 aliphatic rings. The zero-order chi connectivity index (χ0) is 15.8. The van der Waals surface area contributed by atoms with Crippen LogP contribution in [0.5, 0.6) is 0 Å². The van der Waals surface area contributed by atoms with Gasteiger partial charge >= 0.3 is 5.97 Å². The van der Waals surface area contributed by atoms with Crippen LogP contribution in [-0.2, 0) is 16.1 Å². The second-order valence-corrected chi connectivity index (χ2v) is 4.52. The number of carbonyl (C=O) groups is 1. The molecule has 0 aliphatic carbocycles. The van der Waals surface area contributed by atoms with Crippen molar-refractivity contribution in [2.75, 3.05) is 13.7 Å². The molecule has 1 N–H and O–H groups in total. The smallest absolute Gasteiger partial charge is 0.333 e. The van der Waals surface area contributed by atoms with E-state index in [1.165, 1.54) is 13.2 Å². The van der Waals surface area contributed by atoms with E-state index in [0.717, 1.165) is 5.56 Å². The number of nitrogens with zero attached hydrogens (tertiary/aromatic N) is 1. The second-order valence-electron chi connectivity index (χ2n) is 4.52. The first-order valence-electron chi connectivity index (χ1n) is 6.72. The van der Waals surface area contributed by atoms with Gasteiger partial charge in [-0.25, -0.2) is 4.79 Å². The number of rotatable bonds is 7. The molecule has 0 radical (unpaired) electrons. The Balaban J connectivity index is 2.65. The van der Waals surface area contributed by atoms with Gasteiger partial charge < -0.3 is 10.1 Å². The van der Waals surface area contributed by atoms with E-state index < -0.39 is 0 Å². The molecule has 0 atom stereocenters. The summed E-state index contributed by atoms with van der Waals surface area (Å²) in [4.78, 5) is 21.9. The molecular weight excluding hydrogens is 272 g/mol. The molecule has 1 aromatic carbocycles. The average Bonchev–Trinajstić information content (AvgIpc) is 2.47. The summed E-state index contributed by atoms with van der Waals surface area (Å²) in [5, 5.41) is 14.0. The Bertz CT molecular complexity index is 553. The van der Waals surface area contributed by atoms with E-state index >= 15 is 0 Å². The lowest BCUT2D eigenvalue weighted by molar-refractivity contribution is -0.385. The summed E-state index contributed by atoms with van der Waals surface area (Å²) in [7, 11) is 1.35. The predicted molar refractivity (Wildman–Crippen MR) is 79.9 cm³/mol. The van der Waals surface area contributed by atoms with Gasteiger partial charge in [-0.1, -0.05) is 25.1 Å². The molecule has 0 saturated carbocycles. The highest BCUT2D eigenvalue weighted by molar-refractivity contribution is 5.88. The van der Waals surface area contributed by atoms with Crippen molar-refractivity contribution in [3.8, 4) is 0 Å². The van der Waals surface area contributed by atoms with Crippen molar-refractivity contribution in [3.05, 3.63) is 51.1 Å². The molecule has 0 spiro atoms. The molecular formula is C15H20N2O4. The fraction of sp³-hybridized carbons (Fsp3) is 0.400. The number of esters is 1. The van der Waals surface area contributed by atoms with Gasteiger partial charge in [-0.15, -0.1) is 0 Å². The van der Waals surface area contributed by atoms with Crippen LogP contribution in [0.25, 0.3) is 0 Å². The van der Waals surface area contributed by atoms with E-state index in [0.29, 0.717) is 30.6 Å². The van der Waals surface area contributed by atoms with Crippen LogP contribution in [0.4, 0.5) is 5.69 Å². The van der Waals surface area contributed by atoms with Gasteiger partial charge in [-0.3, -0.25) is 10.1 Å². The molecule has 0 saturated heterocycles. The third-order valence-corrected chi connectivity index (χ3v) is 3.25. The SMILES string of the molecule is CC/C(=C/CNCc1cccc([N+](=O)[O-])c1C)C(=O)OC. The van der Waals surface area contributed by atoms with Gasteiger partial charge in [0.05, 0.1) is 12.0 Å². The largest absolute Gasteiger partial charge is 0.466 e. The maximum Gasteiger partial charge on any atom is 0.333 e. The maximum atomic E-state index is 11.4. The van der Waals surface area contributed by atoms with E-state index in [4.69, 9.17) is 0 Å². The fourth-order valence-corrected chi connectivity index (χ4v) is 1.96. The van der Waals surface area contributed by atoms with Crippen LogP contribution in [-0.4, -0.2) is 24.5 Å². The van der Waals surface area contributed by atoms with Crippen molar-refractivity contribution in [2.24, 2.45) is 0 Å². The first kappa shape index (κ1) is 16.8. The topological polar surface area (TPSA) is 81.5 Å². The van der Waals surface area contributed by atoms with Crippen LogP contribution < -0.4 is 5.32 Å². The standard InChI is InChI=1S/C15H20N2O4/c1-4-12(15(18)21-3)8-9-16-10-13-6-5-7-14(11(13)2)17(19)20/h5-8,16H,4,9-10H2,1-3H3/b12-8-. The molecule has 0 amide bonds. The zero-order valence-corrected chi connectivity index (χ0v) is 12.5. The quantitative estimate of drug-likeness (QED) is 0.274. The molecule has 114 valence electrons. The number of nitrogens with one attached hydrogen (secondary N) is 1. The monoisotopic (exact) mass is 292 g/mol. The van der Waals surface area contributed by atoms with E-state index in [2.05, 4.69) is 10.1 Å². The first-order chi connectivity index (χ1) is 10.0. The second kappa shape index (κ2) is 8.16. The summed E-state index contributed by atoms with van der Waals surface area (Å²) in [6, 6.07) is 5.01. The van der Waals surface area contributed by atoms with Crippen LogP contribution in [0.1, 0.15) is 24.5 Å². The highest BCUT2D eigenvalue weighted by Crippen LogP contribution is 2.20. The Morgan fingerprint density at radius 3 is 2.76 bits per heavy atom. The van der Waals surface area contributed by atoms with Crippen molar-refractivity contribution in [3.63, 3.8) is 0 Å². The molecule has 0 aromatic heterocycles. The molecule has 0 bridgehead atoms.